The Morgan fingerprint density at radius 2 is 1.92 bits per heavy atom. The van der Waals surface area contributed by atoms with Gasteiger partial charge in [0, 0.05) is 49.4 Å². The molecule has 0 bridgehead atoms. The van der Waals surface area contributed by atoms with E-state index in [0.29, 0.717) is 48.3 Å². The van der Waals surface area contributed by atoms with Gasteiger partial charge in [-0.25, -0.2) is 4.98 Å². The maximum atomic E-state index is 13.1. The van der Waals surface area contributed by atoms with E-state index in [1.54, 1.807) is 33.5 Å². The number of para-hydroxylation sites is 1. The van der Waals surface area contributed by atoms with Gasteiger partial charge in [0.25, 0.3) is 5.91 Å². The number of amides is 2. The van der Waals surface area contributed by atoms with E-state index >= 15 is 0 Å². The van der Waals surface area contributed by atoms with E-state index in [2.05, 4.69) is 9.97 Å². The van der Waals surface area contributed by atoms with Gasteiger partial charge in [0.15, 0.2) is 5.58 Å². The standard InChI is InChI=1S/C27H21N5O4S2/c33-16-31-11-27(12-31)13-32(26(34)24-9-29-15-38-24)10-19(27)25-30-20-6-5-17(7-22(20)36-25)35-21-4-2-1-3-18(21)23-8-28-14-37-23/h1-9,14-16,19H,10-13H2. The summed E-state index contributed by atoms with van der Waals surface area (Å²) in [6.45, 7) is 2.15. The van der Waals surface area contributed by atoms with E-state index in [-0.39, 0.29) is 17.2 Å². The predicted octanol–water partition coefficient (Wildman–Crippen LogP) is 4.90. The minimum atomic E-state index is -0.283. The number of ether oxygens (including phenoxy) is 1. The molecule has 1 unspecified atom stereocenters. The summed E-state index contributed by atoms with van der Waals surface area (Å²) in [7, 11) is 0. The minimum absolute atomic E-state index is 0.0506. The van der Waals surface area contributed by atoms with Crippen LogP contribution in [0.5, 0.6) is 11.5 Å². The summed E-state index contributed by atoms with van der Waals surface area (Å²) in [5.74, 6) is 1.76. The molecule has 2 aliphatic heterocycles. The first-order valence-electron chi connectivity index (χ1n) is 12.1. The van der Waals surface area contributed by atoms with Crippen molar-refractivity contribution >= 4 is 46.1 Å². The van der Waals surface area contributed by atoms with Crippen molar-refractivity contribution in [3.05, 3.63) is 76.6 Å². The SMILES string of the molecule is O=CN1CC2(C1)CN(C(=O)c1cncs1)CC2c1nc2ccc(Oc3ccccc3-c3cncs3)cc2o1. The number of rotatable bonds is 6. The highest BCUT2D eigenvalue weighted by atomic mass is 32.1. The van der Waals surface area contributed by atoms with E-state index in [1.807, 2.05) is 53.6 Å². The summed E-state index contributed by atoms with van der Waals surface area (Å²) in [5, 5.41) is 0. The Kier molecular flexibility index (Phi) is 5.48. The summed E-state index contributed by atoms with van der Waals surface area (Å²) in [6.07, 6.45) is 4.28. The number of carbonyl (C=O) groups is 2. The third kappa shape index (κ3) is 3.86. The second-order valence-corrected chi connectivity index (χ2v) is 11.4. The van der Waals surface area contributed by atoms with Crippen LogP contribution >= 0.6 is 22.7 Å². The van der Waals surface area contributed by atoms with Crippen LogP contribution in [0.25, 0.3) is 21.5 Å². The lowest BCUT2D eigenvalue weighted by Gasteiger charge is -2.48. The molecule has 1 spiro atoms. The number of carbonyl (C=O) groups excluding carboxylic acids is 2. The molecule has 7 rings (SSSR count). The van der Waals surface area contributed by atoms with Gasteiger partial charge in [-0.3, -0.25) is 19.6 Å². The highest BCUT2D eigenvalue weighted by Crippen LogP contribution is 2.49. The molecule has 0 radical (unpaired) electrons. The maximum Gasteiger partial charge on any atom is 0.265 e. The Hall–Kier alpha value is -4.09. The lowest BCUT2D eigenvalue weighted by atomic mass is 9.72. The van der Waals surface area contributed by atoms with Crippen LogP contribution < -0.4 is 4.74 Å². The fourth-order valence-electron chi connectivity index (χ4n) is 5.47. The molecule has 2 aliphatic rings. The first-order chi connectivity index (χ1) is 18.6. The average molecular weight is 544 g/mol. The van der Waals surface area contributed by atoms with Crippen molar-refractivity contribution in [1.29, 1.82) is 0 Å². The Labute approximate surface area is 225 Å². The van der Waals surface area contributed by atoms with Crippen molar-refractivity contribution in [3.63, 3.8) is 0 Å². The molecule has 2 fully saturated rings. The third-order valence-corrected chi connectivity index (χ3v) is 8.82. The number of thiazole rings is 2. The fraction of sp³-hybridized carbons (Fsp3) is 0.222. The van der Waals surface area contributed by atoms with Crippen molar-refractivity contribution < 1.29 is 18.7 Å². The van der Waals surface area contributed by atoms with Crippen molar-refractivity contribution in [2.75, 3.05) is 26.2 Å². The molecule has 0 saturated carbocycles. The van der Waals surface area contributed by atoms with Gasteiger partial charge in [-0.15, -0.1) is 22.7 Å². The largest absolute Gasteiger partial charge is 0.457 e. The van der Waals surface area contributed by atoms with Gasteiger partial charge in [0.2, 0.25) is 12.3 Å². The lowest BCUT2D eigenvalue weighted by molar-refractivity contribution is -0.129. The van der Waals surface area contributed by atoms with E-state index in [4.69, 9.17) is 14.1 Å². The average Bonchev–Trinajstić information content (AvgIpc) is 3.73. The second kappa shape index (κ2) is 9.03. The van der Waals surface area contributed by atoms with Crippen LogP contribution in [0, 0.1) is 5.41 Å². The molecule has 9 nitrogen and oxygen atoms in total. The van der Waals surface area contributed by atoms with Gasteiger partial charge in [-0.1, -0.05) is 12.1 Å². The number of nitrogens with zero attached hydrogens (tertiary/aromatic N) is 5. The number of hydrogen-bond acceptors (Lipinski definition) is 9. The molecule has 5 heterocycles. The first-order valence-corrected chi connectivity index (χ1v) is 13.8. The van der Waals surface area contributed by atoms with Gasteiger partial charge in [0.1, 0.15) is 21.9 Å². The molecule has 5 aromatic rings. The van der Waals surface area contributed by atoms with Crippen LogP contribution in [0.2, 0.25) is 0 Å². The van der Waals surface area contributed by atoms with E-state index in [0.717, 1.165) is 28.1 Å². The topological polar surface area (TPSA) is 102 Å². The van der Waals surface area contributed by atoms with Crippen molar-refractivity contribution in [2.45, 2.75) is 5.92 Å². The molecule has 2 amide bonds. The van der Waals surface area contributed by atoms with Crippen molar-refractivity contribution in [2.24, 2.45) is 5.41 Å². The molecule has 0 N–H and O–H groups in total. The van der Waals surface area contributed by atoms with Crippen molar-refractivity contribution in [3.8, 4) is 21.9 Å². The van der Waals surface area contributed by atoms with Crippen LogP contribution in [0.4, 0.5) is 0 Å². The normalized spacial score (nSPS) is 18.2. The van der Waals surface area contributed by atoms with Gasteiger partial charge in [-0.05, 0) is 24.3 Å². The molecule has 0 aliphatic carbocycles. The fourth-order valence-corrected chi connectivity index (χ4v) is 6.71. The molecule has 38 heavy (non-hydrogen) atoms. The smallest absolute Gasteiger partial charge is 0.265 e. The van der Waals surface area contributed by atoms with Gasteiger partial charge in [-0.2, -0.15) is 0 Å². The highest BCUT2D eigenvalue weighted by molar-refractivity contribution is 7.13. The summed E-state index contributed by atoms with van der Waals surface area (Å²) in [4.78, 5) is 42.7. The Bertz CT molecular complexity index is 1630. The number of likely N-dealkylation sites (tertiary alicyclic amines) is 2. The molecule has 11 heteroatoms. The summed E-state index contributed by atoms with van der Waals surface area (Å²) in [5.41, 5.74) is 5.47. The van der Waals surface area contributed by atoms with Crippen LogP contribution in [-0.2, 0) is 4.79 Å². The summed E-state index contributed by atoms with van der Waals surface area (Å²) in [6, 6.07) is 13.4. The number of fused-ring (bicyclic) bond motifs is 1. The predicted molar refractivity (Wildman–Crippen MR) is 142 cm³/mol. The Balaban J connectivity index is 1.18. The Morgan fingerprint density at radius 3 is 2.71 bits per heavy atom. The zero-order valence-electron chi connectivity index (χ0n) is 20.0. The quantitative estimate of drug-likeness (QED) is 0.281. The highest BCUT2D eigenvalue weighted by Gasteiger charge is 2.57. The summed E-state index contributed by atoms with van der Waals surface area (Å²) >= 11 is 2.88. The zero-order valence-corrected chi connectivity index (χ0v) is 21.7. The van der Waals surface area contributed by atoms with Crippen LogP contribution in [0.3, 0.4) is 0 Å². The zero-order chi connectivity index (χ0) is 25.7. The molecule has 2 saturated heterocycles. The monoisotopic (exact) mass is 543 g/mol. The van der Waals surface area contributed by atoms with Gasteiger partial charge < -0.3 is 19.0 Å². The molecule has 1 atom stereocenters. The van der Waals surface area contributed by atoms with Crippen molar-refractivity contribution in [1.82, 2.24) is 24.8 Å². The van der Waals surface area contributed by atoms with Crippen LogP contribution in [-0.4, -0.2) is 63.2 Å². The third-order valence-electron chi connectivity index (χ3n) is 7.25. The van der Waals surface area contributed by atoms with E-state index in [1.165, 1.54) is 11.3 Å². The Morgan fingerprint density at radius 1 is 1.08 bits per heavy atom. The van der Waals surface area contributed by atoms with E-state index < -0.39 is 0 Å². The first kappa shape index (κ1) is 23.1. The second-order valence-electron chi connectivity index (χ2n) is 9.62. The minimum Gasteiger partial charge on any atom is -0.457 e. The molecule has 2 aromatic carbocycles. The molecular weight excluding hydrogens is 522 g/mol. The molecule has 3 aromatic heterocycles. The van der Waals surface area contributed by atoms with Crippen LogP contribution in [0.1, 0.15) is 21.5 Å². The number of hydrogen-bond donors (Lipinski definition) is 0. The maximum absolute atomic E-state index is 13.1. The molecule has 190 valence electrons. The summed E-state index contributed by atoms with van der Waals surface area (Å²) < 4.78 is 12.6. The number of aromatic nitrogens is 3. The van der Waals surface area contributed by atoms with E-state index in [9.17, 15) is 9.59 Å². The lowest BCUT2D eigenvalue weighted by Crippen LogP contribution is -2.59. The number of benzene rings is 2. The van der Waals surface area contributed by atoms with Gasteiger partial charge in [0.05, 0.1) is 28.0 Å². The number of oxazole rings is 1. The van der Waals surface area contributed by atoms with Gasteiger partial charge >= 0.3 is 0 Å². The van der Waals surface area contributed by atoms with Crippen LogP contribution in [0.15, 0.2) is 70.3 Å². The molecular formula is C27H21N5O4S2.